The first-order valence-electron chi connectivity index (χ1n) is 13.3. The predicted molar refractivity (Wildman–Crippen MR) is 144 cm³/mol. The SMILES string of the molecule is CC(C)(C)OC(=O)N1CCCN(C2CN(CCCC3(c4ccc(Cl)c(Cl)c4)CCCNC3)C2)CC1. The van der Waals surface area contributed by atoms with Crippen LogP contribution < -0.4 is 5.32 Å². The molecule has 1 N–H and O–H groups in total. The van der Waals surface area contributed by atoms with Crippen LogP contribution >= 0.6 is 23.2 Å². The number of benzene rings is 1. The second kappa shape index (κ2) is 11.6. The van der Waals surface area contributed by atoms with E-state index in [0.717, 1.165) is 71.7 Å². The number of carbonyl (C=O) groups excluding carboxylic acids is 1. The molecule has 8 heteroatoms. The van der Waals surface area contributed by atoms with Gasteiger partial charge in [0.1, 0.15) is 5.60 Å². The van der Waals surface area contributed by atoms with Crippen molar-refractivity contribution in [3.8, 4) is 0 Å². The minimum atomic E-state index is -0.441. The Kier molecular flexibility index (Phi) is 8.91. The van der Waals surface area contributed by atoms with Gasteiger partial charge in [-0.1, -0.05) is 29.3 Å². The minimum Gasteiger partial charge on any atom is -0.444 e. The number of halogens is 2. The van der Waals surface area contributed by atoms with E-state index >= 15 is 0 Å². The highest BCUT2D eigenvalue weighted by Crippen LogP contribution is 2.38. The summed E-state index contributed by atoms with van der Waals surface area (Å²) in [5, 5.41) is 4.90. The maximum Gasteiger partial charge on any atom is 0.410 e. The zero-order valence-electron chi connectivity index (χ0n) is 21.6. The molecule has 35 heavy (non-hydrogen) atoms. The number of rotatable bonds is 6. The van der Waals surface area contributed by atoms with E-state index in [-0.39, 0.29) is 11.5 Å². The summed E-state index contributed by atoms with van der Waals surface area (Å²) in [7, 11) is 0. The van der Waals surface area contributed by atoms with E-state index in [1.165, 1.54) is 24.8 Å². The Morgan fingerprint density at radius 2 is 1.91 bits per heavy atom. The lowest BCUT2D eigenvalue weighted by Gasteiger charge is -2.46. The summed E-state index contributed by atoms with van der Waals surface area (Å²) in [6.45, 7) is 14.8. The van der Waals surface area contributed by atoms with Crippen molar-refractivity contribution >= 4 is 29.3 Å². The molecule has 1 amide bonds. The van der Waals surface area contributed by atoms with Gasteiger partial charge in [0.15, 0.2) is 0 Å². The molecule has 3 aliphatic rings. The van der Waals surface area contributed by atoms with Gasteiger partial charge in [-0.25, -0.2) is 4.79 Å². The van der Waals surface area contributed by atoms with Crippen LogP contribution in [0.5, 0.6) is 0 Å². The van der Waals surface area contributed by atoms with Gasteiger partial charge in [-0.3, -0.25) is 4.90 Å². The Bertz CT molecular complexity index is 863. The first-order chi connectivity index (χ1) is 16.7. The molecule has 3 aliphatic heterocycles. The van der Waals surface area contributed by atoms with E-state index in [1.54, 1.807) is 0 Å². The number of likely N-dealkylation sites (tertiary alicyclic amines) is 1. The molecule has 6 nitrogen and oxygen atoms in total. The molecule has 3 fully saturated rings. The third-order valence-electron chi connectivity index (χ3n) is 7.77. The molecule has 4 rings (SSSR count). The van der Waals surface area contributed by atoms with Crippen molar-refractivity contribution in [3.63, 3.8) is 0 Å². The molecule has 196 valence electrons. The second-order valence-corrected chi connectivity index (χ2v) is 12.4. The Labute approximate surface area is 221 Å². The standard InChI is InChI=1S/C27H42Cl2N4O2/c1-26(2,3)35-25(34)33-14-6-13-32(15-16-33)22-18-31(19-22)12-5-10-27(9-4-11-30-20-27)21-7-8-23(28)24(29)17-21/h7-8,17,22,30H,4-6,9-16,18-20H2,1-3H3. The third-order valence-corrected chi connectivity index (χ3v) is 8.51. The topological polar surface area (TPSA) is 48.1 Å². The molecule has 1 unspecified atom stereocenters. The molecular weight excluding hydrogens is 483 g/mol. The van der Waals surface area contributed by atoms with Crippen LogP contribution in [-0.4, -0.2) is 91.3 Å². The van der Waals surface area contributed by atoms with Crippen molar-refractivity contribution in [3.05, 3.63) is 33.8 Å². The van der Waals surface area contributed by atoms with Crippen LogP contribution in [0.25, 0.3) is 0 Å². The number of nitrogens with one attached hydrogen (secondary N) is 1. The average molecular weight is 526 g/mol. The van der Waals surface area contributed by atoms with Gasteiger partial charge in [0.05, 0.1) is 10.0 Å². The molecule has 0 saturated carbocycles. The summed E-state index contributed by atoms with van der Waals surface area (Å²) in [4.78, 5) is 19.5. The maximum absolute atomic E-state index is 12.4. The van der Waals surface area contributed by atoms with Gasteiger partial charge >= 0.3 is 6.09 Å². The summed E-state index contributed by atoms with van der Waals surface area (Å²) in [5.41, 5.74) is 1.02. The van der Waals surface area contributed by atoms with Gasteiger partial charge in [-0.05, 0) is 83.7 Å². The predicted octanol–water partition coefficient (Wildman–Crippen LogP) is 5.02. The molecule has 0 aromatic heterocycles. The molecule has 3 heterocycles. The number of piperidine rings is 1. The average Bonchev–Trinajstić information content (AvgIpc) is 3.03. The van der Waals surface area contributed by atoms with E-state index in [1.807, 2.05) is 31.7 Å². The lowest BCUT2D eigenvalue weighted by molar-refractivity contribution is 0.0206. The van der Waals surface area contributed by atoms with Crippen LogP contribution in [0, 0.1) is 0 Å². The minimum absolute atomic E-state index is 0.145. The first kappa shape index (κ1) is 27.0. The fraction of sp³-hybridized carbons (Fsp3) is 0.741. The van der Waals surface area contributed by atoms with Gasteiger partial charge in [-0.15, -0.1) is 0 Å². The Hall–Kier alpha value is -1.05. The van der Waals surface area contributed by atoms with Crippen molar-refractivity contribution in [2.45, 2.75) is 69.9 Å². The number of nitrogens with zero attached hydrogens (tertiary/aromatic N) is 3. The Balaban J connectivity index is 1.22. The highest BCUT2D eigenvalue weighted by molar-refractivity contribution is 6.42. The molecule has 1 aromatic carbocycles. The number of ether oxygens (including phenoxy) is 1. The van der Waals surface area contributed by atoms with Crippen LogP contribution in [0.1, 0.15) is 58.4 Å². The summed E-state index contributed by atoms with van der Waals surface area (Å²) in [6.07, 6.45) is 5.57. The van der Waals surface area contributed by atoms with Crippen molar-refractivity contribution in [2.75, 3.05) is 58.9 Å². The van der Waals surface area contributed by atoms with Crippen LogP contribution in [0.4, 0.5) is 4.79 Å². The van der Waals surface area contributed by atoms with E-state index in [0.29, 0.717) is 16.1 Å². The summed E-state index contributed by atoms with van der Waals surface area (Å²) in [6, 6.07) is 6.80. The van der Waals surface area contributed by atoms with Gasteiger partial charge in [0.2, 0.25) is 0 Å². The Morgan fingerprint density at radius 1 is 1.11 bits per heavy atom. The summed E-state index contributed by atoms with van der Waals surface area (Å²) < 4.78 is 5.57. The van der Waals surface area contributed by atoms with Gasteiger partial charge in [-0.2, -0.15) is 0 Å². The van der Waals surface area contributed by atoms with Crippen LogP contribution in [0.3, 0.4) is 0 Å². The fourth-order valence-electron chi connectivity index (χ4n) is 5.81. The molecule has 3 saturated heterocycles. The molecule has 0 radical (unpaired) electrons. The molecule has 0 aliphatic carbocycles. The highest BCUT2D eigenvalue weighted by Gasteiger charge is 2.36. The van der Waals surface area contributed by atoms with E-state index in [9.17, 15) is 4.79 Å². The van der Waals surface area contributed by atoms with Crippen LogP contribution in [0.15, 0.2) is 18.2 Å². The number of carbonyl (C=O) groups is 1. The fourth-order valence-corrected chi connectivity index (χ4v) is 6.10. The van der Waals surface area contributed by atoms with E-state index in [2.05, 4.69) is 27.2 Å². The maximum atomic E-state index is 12.4. The summed E-state index contributed by atoms with van der Waals surface area (Å²) in [5.74, 6) is 0. The number of hydrogen-bond acceptors (Lipinski definition) is 5. The van der Waals surface area contributed by atoms with Gasteiger partial charge in [0, 0.05) is 57.3 Å². The van der Waals surface area contributed by atoms with Crippen LogP contribution in [-0.2, 0) is 10.2 Å². The van der Waals surface area contributed by atoms with E-state index in [4.69, 9.17) is 27.9 Å². The van der Waals surface area contributed by atoms with Crippen molar-refractivity contribution in [1.82, 2.24) is 20.0 Å². The Morgan fingerprint density at radius 3 is 2.60 bits per heavy atom. The normalized spacial score (nSPS) is 25.2. The molecule has 1 aromatic rings. The lowest BCUT2D eigenvalue weighted by atomic mass is 9.71. The molecule has 1 atom stereocenters. The second-order valence-electron chi connectivity index (χ2n) is 11.6. The monoisotopic (exact) mass is 524 g/mol. The molecule has 0 spiro atoms. The van der Waals surface area contributed by atoms with Crippen LogP contribution in [0.2, 0.25) is 10.0 Å². The molecular formula is C27H42Cl2N4O2. The zero-order chi connectivity index (χ0) is 25.1. The number of hydrogen-bond donors (Lipinski definition) is 1. The first-order valence-corrected chi connectivity index (χ1v) is 14.0. The highest BCUT2D eigenvalue weighted by atomic mass is 35.5. The lowest BCUT2D eigenvalue weighted by Crippen LogP contribution is -2.60. The van der Waals surface area contributed by atoms with Crippen molar-refractivity contribution < 1.29 is 9.53 Å². The quantitative estimate of drug-likeness (QED) is 0.565. The smallest absolute Gasteiger partial charge is 0.410 e. The largest absolute Gasteiger partial charge is 0.444 e. The van der Waals surface area contributed by atoms with Gasteiger partial charge < -0.3 is 19.9 Å². The summed E-state index contributed by atoms with van der Waals surface area (Å²) >= 11 is 12.6. The number of amides is 1. The van der Waals surface area contributed by atoms with Crippen molar-refractivity contribution in [2.24, 2.45) is 0 Å². The van der Waals surface area contributed by atoms with E-state index < -0.39 is 5.60 Å². The van der Waals surface area contributed by atoms with Crippen molar-refractivity contribution in [1.29, 1.82) is 0 Å². The van der Waals surface area contributed by atoms with Gasteiger partial charge in [0.25, 0.3) is 0 Å². The third kappa shape index (κ3) is 7.04. The molecule has 0 bridgehead atoms. The zero-order valence-corrected chi connectivity index (χ0v) is 23.1.